The Bertz CT molecular complexity index is 471. The van der Waals surface area contributed by atoms with Crippen molar-refractivity contribution in [3.63, 3.8) is 0 Å². The Morgan fingerprint density at radius 3 is 2.88 bits per heavy atom. The van der Waals surface area contributed by atoms with Crippen LogP contribution in [0.15, 0.2) is 11.5 Å². The first-order valence-corrected chi connectivity index (χ1v) is 7.65. The van der Waals surface area contributed by atoms with E-state index in [0.717, 1.165) is 17.2 Å². The van der Waals surface area contributed by atoms with Crippen molar-refractivity contribution < 1.29 is 0 Å². The van der Waals surface area contributed by atoms with Crippen LogP contribution >= 0.6 is 23.1 Å². The van der Waals surface area contributed by atoms with Crippen molar-refractivity contribution in [1.29, 1.82) is 5.41 Å². The first-order chi connectivity index (χ1) is 7.99. The highest BCUT2D eigenvalue weighted by atomic mass is 32.2. The first-order valence-electron chi connectivity index (χ1n) is 6.02. The first kappa shape index (κ1) is 12.9. The molecule has 1 aromatic rings. The number of allylic oxidation sites excluding steroid dienone is 1. The van der Waals surface area contributed by atoms with Gasteiger partial charge in [0.05, 0.1) is 0 Å². The third kappa shape index (κ3) is 2.66. The number of thiophene rings is 1. The highest BCUT2D eigenvalue weighted by molar-refractivity contribution is 8.17. The maximum atomic E-state index is 8.22. The van der Waals surface area contributed by atoms with Crippen molar-refractivity contribution in [3.8, 4) is 0 Å². The van der Waals surface area contributed by atoms with Crippen LogP contribution in [-0.2, 0) is 12.8 Å². The summed E-state index contributed by atoms with van der Waals surface area (Å²) in [6, 6.07) is 0. The number of nitrogens with one attached hydrogen (secondary N) is 1. The van der Waals surface area contributed by atoms with Crippen LogP contribution < -0.4 is 0 Å². The largest absolute Gasteiger partial charge is 0.293 e. The second kappa shape index (κ2) is 4.99. The van der Waals surface area contributed by atoms with E-state index in [1.807, 2.05) is 18.3 Å². The summed E-state index contributed by atoms with van der Waals surface area (Å²) >= 11 is 3.39. The van der Waals surface area contributed by atoms with Crippen molar-refractivity contribution in [2.45, 2.75) is 40.0 Å². The van der Waals surface area contributed by atoms with Gasteiger partial charge < -0.3 is 0 Å². The topological polar surface area (TPSA) is 23.9 Å². The molecule has 0 saturated carbocycles. The highest BCUT2D eigenvalue weighted by Gasteiger charge is 2.24. The van der Waals surface area contributed by atoms with Crippen molar-refractivity contribution in [1.82, 2.24) is 0 Å². The normalized spacial score (nSPS) is 18.9. The number of aryl methyl sites for hydroxylation is 1. The number of hydrogen-bond acceptors (Lipinski definition) is 3. The van der Waals surface area contributed by atoms with Gasteiger partial charge in [-0.2, -0.15) is 0 Å². The Morgan fingerprint density at radius 1 is 1.53 bits per heavy atom. The van der Waals surface area contributed by atoms with Gasteiger partial charge in [-0.1, -0.05) is 25.3 Å². The molecular formula is C14H19NS2. The minimum absolute atomic E-state index is 0.682. The summed E-state index contributed by atoms with van der Waals surface area (Å²) in [6.07, 6.45) is 3.61. The van der Waals surface area contributed by atoms with Gasteiger partial charge in [-0.05, 0) is 49.5 Å². The van der Waals surface area contributed by atoms with E-state index in [4.69, 9.17) is 5.41 Å². The molecule has 0 amide bonds. The monoisotopic (exact) mass is 265 g/mol. The second-order valence-corrected chi connectivity index (χ2v) is 7.53. The molecule has 1 N–H and O–H groups in total. The molecule has 1 aliphatic rings. The molecule has 0 spiro atoms. The van der Waals surface area contributed by atoms with Crippen LogP contribution in [0.2, 0.25) is 0 Å². The van der Waals surface area contributed by atoms with E-state index in [2.05, 4.69) is 20.4 Å². The predicted molar refractivity (Wildman–Crippen MR) is 79.5 cm³/mol. The number of hydrogen-bond donors (Lipinski definition) is 1. The zero-order valence-electron chi connectivity index (χ0n) is 10.7. The maximum absolute atomic E-state index is 8.22. The van der Waals surface area contributed by atoms with Gasteiger partial charge in [0.25, 0.3) is 0 Å². The van der Waals surface area contributed by atoms with Crippen molar-refractivity contribution in [2.75, 3.05) is 0 Å². The van der Waals surface area contributed by atoms with Gasteiger partial charge in [-0.25, -0.2) is 0 Å². The lowest BCUT2D eigenvalue weighted by Gasteiger charge is -2.19. The molecular weight excluding hydrogens is 246 g/mol. The standard InChI is InChI=1S/C14H19NS2/c1-8(2)16-14(15)13-10(4)17-12-7-9(3)5-6-11(12)13/h9,15H,1,5-7H2,2-4H3. The zero-order valence-corrected chi connectivity index (χ0v) is 12.4. The SMILES string of the molecule is C=C(C)SC(=N)c1c(C)sc2c1CCC(C)C2. The fraction of sp³-hybridized carbons (Fsp3) is 0.500. The molecule has 1 aliphatic carbocycles. The van der Waals surface area contributed by atoms with E-state index in [-0.39, 0.29) is 0 Å². The molecule has 2 rings (SSSR count). The summed E-state index contributed by atoms with van der Waals surface area (Å²) in [4.78, 5) is 3.82. The lowest BCUT2D eigenvalue weighted by atomic mass is 9.88. The lowest BCUT2D eigenvalue weighted by Crippen LogP contribution is -2.11. The Kier molecular flexibility index (Phi) is 3.79. The van der Waals surface area contributed by atoms with Crippen molar-refractivity contribution in [3.05, 3.63) is 32.4 Å². The second-order valence-electron chi connectivity index (χ2n) is 4.92. The molecule has 1 aromatic heterocycles. The van der Waals surface area contributed by atoms with Gasteiger partial charge in [0.15, 0.2) is 0 Å². The third-order valence-corrected chi connectivity index (χ3v) is 5.12. The minimum Gasteiger partial charge on any atom is -0.293 e. The highest BCUT2D eigenvalue weighted by Crippen LogP contribution is 2.38. The minimum atomic E-state index is 0.682. The average molecular weight is 265 g/mol. The Hall–Kier alpha value is -0.540. The summed E-state index contributed by atoms with van der Waals surface area (Å²) < 4.78 is 0. The maximum Gasteiger partial charge on any atom is 0.100 e. The molecule has 0 aliphatic heterocycles. The van der Waals surface area contributed by atoms with E-state index in [1.165, 1.54) is 45.5 Å². The van der Waals surface area contributed by atoms with Gasteiger partial charge in [-0.3, -0.25) is 5.41 Å². The van der Waals surface area contributed by atoms with Gasteiger partial charge in [0.2, 0.25) is 0 Å². The molecule has 1 heterocycles. The van der Waals surface area contributed by atoms with Crippen molar-refractivity contribution >= 4 is 28.1 Å². The quantitative estimate of drug-likeness (QED) is 0.604. The molecule has 1 unspecified atom stereocenters. The summed E-state index contributed by atoms with van der Waals surface area (Å²) in [5.41, 5.74) is 2.65. The van der Waals surface area contributed by atoms with Crippen LogP contribution in [0.5, 0.6) is 0 Å². The molecule has 92 valence electrons. The van der Waals surface area contributed by atoms with Crippen LogP contribution in [0, 0.1) is 18.3 Å². The molecule has 17 heavy (non-hydrogen) atoms. The Balaban J connectivity index is 2.35. The van der Waals surface area contributed by atoms with E-state index in [9.17, 15) is 0 Å². The van der Waals surface area contributed by atoms with Gasteiger partial charge in [-0.15, -0.1) is 11.3 Å². The molecule has 0 saturated heterocycles. The molecule has 1 atom stereocenters. The number of fused-ring (bicyclic) bond motifs is 1. The van der Waals surface area contributed by atoms with Crippen LogP contribution in [0.25, 0.3) is 0 Å². The average Bonchev–Trinajstić information content (AvgIpc) is 2.51. The Labute approximate surface area is 112 Å². The summed E-state index contributed by atoms with van der Waals surface area (Å²) in [7, 11) is 0. The van der Waals surface area contributed by atoms with E-state index in [0.29, 0.717) is 5.04 Å². The smallest absolute Gasteiger partial charge is 0.100 e. The van der Waals surface area contributed by atoms with Crippen LogP contribution in [0.3, 0.4) is 0 Å². The van der Waals surface area contributed by atoms with Gasteiger partial charge >= 0.3 is 0 Å². The molecule has 3 heteroatoms. The van der Waals surface area contributed by atoms with E-state index >= 15 is 0 Å². The van der Waals surface area contributed by atoms with Gasteiger partial charge in [0.1, 0.15) is 5.04 Å². The summed E-state index contributed by atoms with van der Waals surface area (Å²) in [5.74, 6) is 0.802. The summed E-state index contributed by atoms with van der Waals surface area (Å²) in [5, 5.41) is 8.90. The van der Waals surface area contributed by atoms with Crippen molar-refractivity contribution in [2.24, 2.45) is 5.92 Å². The molecule has 0 radical (unpaired) electrons. The van der Waals surface area contributed by atoms with E-state index < -0.39 is 0 Å². The lowest BCUT2D eigenvalue weighted by molar-refractivity contribution is 0.507. The van der Waals surface area contributed by atoms with Crippen LogP contribution in [0.4, 0.5) is 0 Å². The third-order valence-electron chi connectivity index (χ3n) is 3.19. The summed E-state index contributed by atoms with van der Waals surface area (Å²) in [6.45, 7) is 10.3. The molecule has 0 fully saturated rings. The molecule has 0 bridgehead atoms. The predicted octanol–water partition coefficient (Wildman–Crippen LogP) is 4.77. The number of thioether (sulfide) groups is 1. The fourth-order valence-corrected chi connectivity index (χ4v) is 4.59. The van der Waals surface area contributed by atoms with E-state index in [1.54, 1.807) is 0 Å². The fourth-order valence-electron chi connectivity index (χ4n) is 2.41. The van der Waals surface area contributed by atoms with Crippen LogP contribution in [-0.4, -0.2) is 5.04 Å². The van der Waals surface area contributed by atoms with Crippen LogP contribution in [0.1, 0.15) is 41.1 Å². The molecule has 1 nitrogen and oxygen atoms in total. The molecule has 0 aromatic carbocycles. The van der Waals surface area contributed by atoms with Gasteiger partial charge in [0, 0.05) is 15.3 Å². The number of rotatable bonds is 2. The Morgan fingerprint density at radius 2 is 2.24 bits per heavy atom. The zero-order chi connectivity index (χ0) is 12.6.